The summed E-state index contributed by atoms with van der Waals surface area (Å²) in [5.41, 5.74) is -0.191. The quantitative estimate of drug-likeness (QED) is 0.757. The summed E-state index contributed by atoms with van der Waals surface area (Å²) in [6.07, 6.45) is -1.37. The van der Waals surface area contributed by atoms with E-state index < -0.39 is 11.7 Å². The van der Waals surface area contributed by atoms with Gasteiger partial charge < -0.3 is 4.90 Å². The molecule has 1 aliphatic heterocycles. The number of rotatable bonds is 1. The molecular formula is C16H19F3N2. The van der Waals surface area contributed by atoms with Gasteiger partial charge in [-0.25, -0.2) is 0 Å². The summed E-state index contributed by atoms with van der Waals surface area (Å²) >= 11 is 0. The molecule has 1 aromatic carbocycles. The second kappa shape index (κ2) is 5.59. The van der Waals surface area contributed by atoms with Crippen LogP contribution in [0.25, 0.3) is 0 Å². The zero-order valence-electron chi connectivity index (χ0n) is 12.3. The summed E-state index contributed by atoms with van der Waals surface area (Å²) in [5.74, 6) is 0. The van der Waals surface area contributed by atoms with Crippen LogP contribution in [0.3, 0.4) is 0 Å². The highest BCUT2D eigenvalue weighted by Gasteiger charge is 2.34. The third kappa shape index (κ3) is 3.69. The monoisotopic (exact) mass is 296 g/mol. The second-order valence-electron chi connectivity index (χ2n) is 6.34. The van der Waals surface area contributed by atoms with Gasteiger partial charge in [0.2, 0.25) is 0 Å². The van der Waals surface area contributed by atoms with Gasteiger partial charge in [-0.2, -0.15) is 18.4 Å². The van der Waals surface area contributed by atoms with Crippen molar-refractivity contribution in [3.63, 3.8) is 0 Å². The molecule has 0 atom stereocenters. The molecular weight excluding hydrogens is 277 g/mol. The topological polar surface area (TPSA) is 27.0 Å². The van der Waals surface area contributed by atoms with E-state index in [1.807, 2.05) is 0 Å². The maximum atomic E-state index is 12.8. The lowest BCUT2D eigenvalue weighted by Gasteiger charge is -2.25. The maximum Gasteiger partial charge on any atom is 0.417 e. The fourth-order valence-corrected chi connectivity index (χ4v) is 2.75. The molecule has 1 aliphatic rings. The van der Waals surface area contributed by atoms with Gasteiger partial charge in [-0.05, 0) is 42.9 Å². The first-order chi connectivity index (χ1) is 9.73. The van der Waals surface area contributed by atoms with E-state index in [-0.39, 0.29) is 11.0 Å². The van der Waals surface area contributed by atoms with Gasteiger partial charge in [-0.15, -0.1) is 0 Å². The van der Waals surface area contributed by atoms with Crippen LogP contribution >= 0.6 is 0 Å². The third-order valence-corrected chi connectivity index (χ3v) is 4.13. The number of anilines is 1. The fourth-order valence-electron chi connectivity index (χ4n) is 2.75. The van der Waals surface area contributed by atoms with E-state index in [1.165, 1.54) is 12.1 Å². The van der Waals surface area contributed by atoms with Crippen LogP contribution in [0.15, 0.2) is 18.2 Å². The van der Waals surface area contributed by atoms with Crippen LogP contribution in [0.1, 0.15) is 44.2 Å². The van der Waals surface area contributed by atoms with Crippen LogP contribution in [-0.2, 0) is 6.18 Å². The highest BCUT2D eigenvalue weighted by Crippen LogP contribution is 2.35. The van der Waals surface area contributed by atoms with Crippen molar-refractivity contribution in [1.82, 2.24) is 0 Å². The average Bonchev–Trinajstić information content (AvgIpc) is 2.58. The van der Waals surface area contributed by atoms with E-state index in [4.69, 9.17) is 5.26 Å². The molecule has 0 spiro atoms. The van der Waals surface area contributed by atoms with Crippen LogP contribution < -0.4 is 4.90 Å². The smallest absolute Gasteiger partial charge is 0.371 e. The zero-order valence-corrected chi connectivity index (χ0v) is 12.3. The van der Waals surface area contributed by atoms with Crippen molar-refractivity contribution in [2.45, 2.75) is 39.3 Å². The first kappa shape index (κ1) is 15.7. The Morgan fingerprint density at radius 2 is 1.90 bits per heavy atom. The molecule has 5 heteroatoms. The molecule has 0 amide bonds. The number of nitrogens with zero attached hydrogens (tertiary/aromatic N) is 2. The number of alkyl halides is 3. The SMILES string of the molecule is CC1(C)CCCN(c2ccc(C(F)(F)F)c(C#N)c2)CC1. The molecule has 0 saturated carbocycles. The predicted octanol–water partition coefficient (Wildman–Crippen LogP) is 4.59. The second-order valence-corrected chi connectivity index (χ2v) is 6.34. The van der Waals surface area contributed by atoms with E-state index in [9.17, 15) is 13.2 Å². The number of nitriles is 1. The minimum atomic E-state index is -4.48. The molecule has 1 aromatic rings. The van der Waals surface area contributed by atoms with E-state index in [0.717, 1.165) is 38.4 Å². The van der Waals surface area contributed by atoms with E-state index in [1.54, 1.807) is 6.07 Å². The summed E-state index contributed by atoms with van der Waals surface area (Å²) in [7, 11) is 0. The molecule has 0 aliphatic carbocycles. The molecule has 0 bridgehead atoms. The van der Waals surface area contributed by atoms with Gasteiger partial charge in [0.1, 0.15) is 0 Å². The fraction of sp³-hybridized carbons (Fsp3) is 0.562. The minimum absolute atomic E-state index is 0.263. The molecule has 114 valence electrons. The van der Waals surface area contributed by atoms with Crippen LogP contribution in [0.4, 0.5) is 18.9 Å². The van der Waals surface area contributed by atoms with Crippen molar-refractivity contribution in [1.29, 1.82) is 5.26 Å². The third-order valence-electron chi connectivity index (χ3n) is 4.13. The van der Waals surface area contributed by atoms with E-state index in [2.05, 4.69) is 18.7 Å². The van der Waals surface area contributed by atoms with E-state index >= 15 is 0 Å². The summed E-state index contributed by atoms with van der Waals surface area (Å²) in [6.45, 7) is 6.05. The molecule has 2 nitrogen and oxygen atoms in total. The van der Waals surface area contributed by atoms with E-state index in [0.29, 0.717) is 5.69 Å². The van der Waals surface area contributed by atoms with Crippen LogP contribution in [0.2, 0.25) is 0 Å². The highest BCUT2D eigenvalue weighted by molar-refractivity contribution is 5.55. The molecule has 0 aromatic heterocycles. The molecule has 1 heterocycles. The van der Waals surface area contributed by atoms with Crippen molar-refractivity contribution in [3.8, 4) is 6.07 Å². The molecule has 1 saturated heterocycles. The Hall–Kier alpha value is -1.70. The maximum absolute atomic E-state index is 12.8. The van der Waals surface area contributed by atoms with Crippen LogP contribution in [0, 0.1) is 16.7 Å². The number of halogens is 3. The minimum Gasteiger partial charge on any atom is -0.371 e. The molecule has 21 heavy (non-hydrogen) atoms. The summed E-state index contributed by atoms with van der Waals surface area (Å²) in [5, 5.41) is 8.97. The first-order valence-electron chi connectivity index (χ1n) is 7.09. The van der Waals surface area contributed by atoms with Gasteiger partial charge in [0.05, 0.1) is 17.2 Å². The first-order valence-corrected chi connectivity index (χ1v) is 7.09. The lowest BCUT2D eigenvalue weighted by Crippen LogP contribution is -2.25. The van der Waals surface area contributed by atoms with Gasteiger partial charge in [-0.1, -0.05) is 13.8 Å². The zero-order chi connectivity index (χ0) is 15.7. The standard InChI is InChI=1S/C16H19F3N2/c1-15(2)6-3-8-21(9-7-15)13-4-5-14(16(17,18)19)12(10-13)11-20/h4-5,10H,3,6-9H2,1-2H3. The normalized spacial score (nSPS) is 19.0. The Morgan fingerprint density at radius 1 is 1.19 bits per heavy atom. The van der Waals surface area contributed by atoms with Crippen LogP contribution in [-0.4, -0.2) is 13.1 Å². The number of hydrogen-bond donors (Lipinski definition) is 0. The molecule has 1 fully saturated rings. The van der Waals surface area contributed by atoms with Crippen molar-refractivity contribution >= 4 is 5.69 Å². The largest absolute Gasteiger partial charge is 0.417 e. The average molecular weight is 296 g/mol. The molecule has 2 rings (SSSR count). The van der Waals surface area contributed by atoms with Gasteiger partial charge in [0.15, 0.2) is 0 Å². The van der Waals surface area contributed by atoms with Crippen molar-refractivity contribution < 1.29 is 13.2 Å². The Kier molecular flexibility index (Phi) is 4.18. The Balaban J connectivity index is 2.28. The summed E-state index contributed by atoms with van der Waals surface area (Å²) in [4.78, 5) is 2.08. The predicted molar refractivity (Wildman–Crippen MR) is 76.0 cm³/mol. The lowest BCUT2D eigenvalue weighted by atomic mass is 9.85. The van der Waals surface area contributed by atoms with Gasteiger partial charge >= 0.3 is 6.18 Å². The summed E-state index contributed by atoms with van der Waals surface area (Å²) in [6, 6.07) is 5.52. The van der Waals surface area contributed by atoms with Gasteiger partial charge in [0.25, 0.3) is 0 Å². The van der Waals surface area contributed by atoms with Crippen molar-refractivity contribution in [3.05, 3.63) is 29.3 Å². The molecule has 0 radical (unpaired) electrons. The Bertz CT molecular complexity index is 556. The van der Waals surface area contributed by atoms with Gasteiger partial charge in [-0.3, -0.25) is 0 Å². The Labute approximate surface area is 123 Å². The Morgan fingerprint density at radius 3 is 2.52 bits per heavy atom. The highest BCUT2D eigenvalue weighted by atomic mass is 19.4. The molecule has 0 unspecified atom stereocenters. The number of benzene rings is 1. The van der Waals surface area contributed by atoms with Gasteiger partial charge in [0, 0.05) is 18.8 Å². The van der Waals surface area contributed by atoms with Crippen molar-refractivity contribution in [2.24, 2.45) is 5.41 Å². The van der Waals surface area contributed by atoms with Crippen LogP contribution in [0.5, 0.6) is 0 Å². The lowest BCUT2D eigenvalue weighted by molar-refractivity contribution is -0.137. The number of hydrogen-bond acceptors (Lipinski definition) is 2. The summed E-state index contributed by atoms with van der Waals surface area (Å²) < 4.78 is 38.4. The molecule has 0 N–H and O–H groups in total. The van der Waals surface area contributed by atoms with Crippen molar-refractivity contribution in [2.75, 3.05) is 18.0 Å².